The molecule has 0 aliphatic rings. The molecule has 0 radical (unpaired) electrons. The van der Waals surface area contributed by atoms with Crippen LogP contribution in [0.2, 0.25) is 0 Å². The van der Waals surface area contributed by atoms with Crippen LogP contribution in [0.5, 0.6) is 0 Å². The molecule has 0 unspecified atom stereocenters. The van der Waals surface area contributed by atoms with Crippen LogP contribution in [0.15, 0.2) is 0 Å². The largest absolute Gasteiger partial charge is 0.369 e. The van der Waals surface area contributed by atoms with Crippen molar-refractivity contribution in [3.05, 3.63) is 0 Å². The quantitative estimate of drug-likeness (QED) is 0.136. The molecule has 0 saturated carbocycles. The Hall–Kier alpha value is -1.26. The molecule has 0 spiro atoms. The van der Waals surface area contributed by atoms with E-state index in [-0.39, 0.29) is 6.42 Å². The molecule has 0 saturated heterocycles. The van der Waals surface area contributed by atoms with Gasteiger partial charge in [-0.1, -0.05) is 46.5 Å². The Morgan fingerprint density at radius 2 is 0.658 bits per heavy atom. The molecule has 0 amide bonds. The third kappa shape index (κ3) is 11.9. The van der Waals surface area contributed by atoms with E-state index in [2.05, 4.69) is 0 Å². The zero-order valence-corrected chi connectivity index (χ0v) is 20.2. The minimum Gasteiger partial charge on any atom is -0.203 e. The van der Waals surface area contributed by atoms with E-state index in [1.807, 2.05) is 6.92 Å². The first-order chi connectivity index (χ1) is 16.8. The van der Waals surface area contributed by atoms with Crippen molar-refractivity contribution in [2.75, 3.05) is 0 Å². The summed E-state index contributed by atoms with van der Waals surface area (Å²) in [5.74, 6) is -29.5. The maximum atomic E-state index is 12.7. The van der Waals surface area contributed by atoms with Crippen molar-refractivity contribution >= 4 is 0 Å². The van der Waals surface area contributed by atoms with E-state index in [9.17, 15) is 79.0 Å². The van der Waals surface area contributed by atoms with Crippen molar-refractivity contribution in [2.24, 2.45) is 0 Å². The summed E-state index contributed by atoms with van der Waals surface area (Å²) in [6.07, 6.45) is -14.2. The molecule has 0 aromatic carbocycles. The predicted molar refractivity (Wildman–Crippen MR) is 102 cm³/mol. The molecule has 0 fully saturated rings. The Morgan fingerprint density at radius 3 is 0.868 bits per heavy atom. The molecule has 0 atom stereocenters. The Morgan fingerprint density at radius 1 is 0.395 bits per heavy atom. The Kier molecular flexibility index (Phi) is 17.5. The maximum Gasteiger partial charge on any atom is 0.369 e. The SMILES string of the molecule is CCC(F)(F)C(F)(F)C(F)F.CCC(F)(F)C(F)(F)C(F)F.CCCCCCCC(F)(F)C(F)(F)C(F)F. The lowest BCUT2D eigenvalue weighted by molar-refractivity contribution is -0.266. The number of unbranched alkanes of at least 4 members (excludes halogenated alkanes) is 4. The molecule has 0 aliphatic heterocycles. The van der Waals surface area contributed by atoms with Crippen LogP contribution in [-0.2, 0) is 0 Å². The number of hydrogen-bond donors (Lipinski definition) is 0. The van der Waals surface area contributed by atoms with Gasteiger partial charge in [-0.3, -0.25) is 0 Å². The molecule has 234 valence electrons. The fourth-order valence-corrected chi connectivity index (χ4v) is 2.07. The van der Waals surface area contributed by atoms with Crippen molar-refractivity contribution in [1.29, 1.82) is 0 Å². The van der Waals surface area contributed by atoms with Gasteiger partial charge in [0.05, 0.1) is 0 Å². The van der Waals surface area contributed by atoms with Crippen LogP contribution in [0.1, 0.15) is 72.1 Å². The van der Waals surface area contributed by atoms with Gasteiger partial charge in [-0.15, -0.1) is 0 Å². The fourth-order valence-electron chi connectivity index (χ4n) is 2.07. The minimum absolute atomic E-state index is 0.157. The average molecular weight is 610 g/mol. The first kappa shape index (κ1) is 41.2. The topological polar surface area (TPSA) is 0 Å². The van der Waals surface area contributed by atoms with Crippen LogP contribution in [-0.4, -0.2) is 54.8 Å². The molecule has 0 aromatic rings. The molecule has 0 aliphatic carbocycles. The van der Waals surface area contributed by atoms with E-state index in [1.165, 1.54) is 0 Å². The lowest BCUT2D eigenvalue weighted by atomic mass is 10.0. The smallest absolute Gasteiger partial charge is 0.203 e. The monoisotopic (exact) mass is 610 g/mol. The Labute approximate surface area is 207 Å². The third-order valence-corrected chi connectivity index (χ3v) is 4.77. The molecule has 38 heavy (non-hydrogen) atoms. The molecule has 18 heteroatoms. The zero-order chi connectivity index (χ0) is 31.4. The first-order valence-electron chi connectivity index (χ1n) is 10.9. The van der Waals surface area contributed by atoms with Crippen LogP contribution < -0.4 is 0 Å². The normalized spacial score (nSPS) is 13.9. The highest BCUT2D eigenvalue weighted by atomic mass is 19.4. The average Bonchev–Trinajstić information content (AvgIpc) is 2.78. The molecule has 0 heterocycles. The van der Waals surface area contributed by atoms with Crippen LogP contribution in [0.25, 0.3) is 0 Å². The van der Waals surface area contributed by atoms with Crippen molar-refractivity contribution in [1.82, 2.24) is 0 Å². The number of alkyl halides is 18. The van der Waals surface area contributed by atoms with Crippen LogP contribution in [0, 0.1) is 0 Å². The second-order valence-electron chi connectivity index (χ2n) is 7.76. The summed E-state index contributed by atoms with van der Waals surface area (Å²) in [4.78, 5) is 0. The highest BCUT2D eigenvalue weighted by Gasteiger charge is 2.63. The molecular weight excluding hydrogens is 582 g/mol. The summed E-state index contributed by atoms with van der Waals surface area (Å²) in [5.41, 5.74) is 0. The second kappa shape index (κ2) is 16.1. The summed E-state index contributed by atoms with van der Waals surface area (Å²) in [5, 5.41) is 0. The summed E-state index contributed by atoms with van der Waals surface area (Å²) in [6.45, 7) is 3.35. The van der Waals surface area contributed by atoms with Crippen molar-refractivity contribution in [3.63, 3.8) is 0 Å². The lowest BCUT2D eigenvalue weighted by Gasteiger charge is -2.25. The Balaban J connectivity index is -0.000000498. The summed E-state index contributed by atoms with van der Waals surface area (Å²) < 4.78 is 214. The van der Waals surface area contributed by atoms with Gasteiger partial charge < -0.3 is 0 Å². The fraction of sp³-hybridized carbons (Fsp3) is 1.00. The minimum atomic E-state index is -5.22. The number of rotatable bonds is 14. The number of halogens is 18. The van der Waals surface area contributed by atoms with Crippen LogP contribution >= 0.6 is 0 Å². The highest BCUT2D eigenvalue weighted by molar-refractivity contribution is 4.87. The lowest BCUT2D eigenvalue weighted by Crippen LogP contribution is -2.46. The van der Waals surface area contributed by atoms with Gasteiger partial charge in [-0.2, -0.15) is 52.7 Å². The highest BCUT2D eigenvalue weighted by Crippen LogP contribution is 2.43. The maximum absolute atomic E-state index is 12.7. The van der Waals surface area contributed by atoms with E-state index >= 15 is 0 Å². The van der Waals surface area contributed by atoms with Crippen LogP contribution in [0.4, 0.5) is 79.0 Å². The van der Waals surface area contributed by atoms with Gasteiger partial charge in [0, 0.05) is 19.3 Å². The first-order valence-corrected chi connectivity index (χ1v) is 10.9. The van der Waals surface area contributed by atoms with Gasteiger partial charge in [-0.05, 0) is 6.42 Å². The van der Waals surface area contributed by atoms with Gasteiger partial charge >= 0.3 is 54.8 Å². The van der Waals surface area contributed by atoms with Crippen molar-refractivity contribution < 1.29 is 79.0 Å². The summed E-state index contributed by atoms with van der Waals surface area (Å²) >= 11 is 0. The second-order valence-corrected chi connectivity index (χ2v) is 7.76. The number of hydrogen-bond acceptors (Lipinski definition) is 0. The standard InChI is InChI=1S/C10H16F6.2C5H6F6/c1-2-3-4-5-6-7-9(13,14)10(15,16)8(11)12;2*1-2-4(8,9)5(10,11)3(6)7/h8H,2-7H2,1H3;2*3H,2H2,1H3. The third-order valence-electron chi connectivity index (χ3n) is 4.77. The van der Waals surface area contributed by atoms with Gasteiger partial charge in [0.1, 0.15) is 0 Å². The molecule has 0 rings (SSSR count). The predicted octanol–water partition coefficient (Wildman–Crippen LogP) is 10.7. The van der Waals surface area contributed by atoms with Crippen molar-refractivity contribution in [3.8, 4) is 0 Å². The van der Waals surface area contributed by atoms with E-state index in [1.54, 1.807) is 0 Å². The van der Waals surface area contributed by atoms with E-state index in [0.29, 0.717) is 12.8 Å². The Bertz CT molecular complexity index is 583. The van der Waals surface area contributed by atoms with Crippen molar-refractivity contribution in [2.45, 2.75) is 127 Å². The molecule has 0 aromatic heterocycles. The van der Waals surface area contributed by atoms with Gasteiger partial charge in [0.25, 0.3) is 0 Å². The summed E-state index contributed by atoms with van der Waals surface area (Å²) in [7, 11) is 0. The molecule has 0 N–H and O–H groups in total. The molecular formula is C20H28F18. The molecule has 0 nitrogen and oxygen atoms in total. The van der Waals surface area contributed by atoms with E-state index in [4.69, 9.17) is 0 Å². The van der Waals surface area contributed by atoms with E-state index in [0.717, 1.165) is 26.7 Å². The van der Waals surface area contributed by atoms with Gasteiger partial charge in [0.15, 0.2) is 0 Å². The zero-order valence-electron chi connectivity index (χ0n) is 20.2. The van der Waals surface area contributed by atoms with Gasteiger partial charge in [0.2, 0.25) is 0 Å². The van der Waals surface area contributed by atoms with E-state index < -0.39 is 74.1 Å². The summed E-state index contributed by atoms with van der Waals surface area (Å²) in [6, 6.07) is 0. The van der Waals surface area contributed by atoms with Gasteiger partial charge in [-0.25, -0.2) is 26.3 Å². The molecule has 0 bridgehead atoms. The van der Waals surface area contributed by atoms with Crippen LogP contribution in [0.3, 0.4) is 0 Å².